The maximum atomic E-state index is 12.6. The van der Waals surface area contributed by atoms with E-state index >= 15 is 0 Å². The Labute approximate surface area is 159 Å². The Balaban J connectivity index is 2.19. The predicted molar refractivity (Wildman–Crippen MR) is 104 cm³/mol. The minimum atomic E-state index is -3.84. The van der Waals surface area contributed by atoms with Crippen molar-refractivity contribution in [1.82, 2.24) is 10.0 Å². The Morgan fingerprint density at radius 3 is 2.35 bits per heavy atom. The first kappa shape index (κ1) is 20.4. The third kappa shape index (κ3) is 6.12. The van der Waals surface area contributed by atoms with Crippen LogP contribution in [0.25, 0.3) is 0 Å². The molecule has 0 unspecified atom stereocenters. The Kier molecular flexibility index (Phi) is 7.63. The summed E-state index contributed by atoms with van der Waals surface area (Å²) < 4.78 is 27.8. The molecule has 0 aromatic heterocycles. The van der Waals surface area contributed by atoms with Crippen LogP contribution < -0.4 is 10.0 Å². The molecule has 1 amide bonds. The molecule has 0 spiro atoms. The van der Waals surface area contributed by atoms with Crippen LogP contribution in [0.15, 0.2) is 59.5 Å². The molecular weight excluding hydrogens is 372 g/mol. The van der Waals surface area contributed by atoms with Crippen molar-refractivity contribution in [3.05, 3.63) is 65.2 Å². The normalized spacial score (nSPS) is 12.5. The van der Waals surface area contributed by atoms with Crippen LogP contribution in [0, 0.1) is 0 Å². The summed E-state index contributed by atoms with van der Waals surface area (Å²) in [6.45, 7) is 2.54. The van der Waals surface area contributed by atoms with Gasteiger partial charge in [-0.25, -0.2) is 8.42 Å². The van der Waals surface area contributed by atoms with Gasteiger partial charge < -0.3 is 5.32 Å². The average Bonchev–Trinajstić information content (AvgIpc) is 2.62. The minimum Gasteiger partial charge on any atom is -0.355 e. The fourth-order valence-corrected chi connectivity index (χ4v) is 3.74. The molecule has 7 heteroatoms. The molecule has 0 aliphatic carbocycles. The summed E-state index contributed by atoms with van der Waals surface area (Å²) in [5.74, 6) is -0.333. The number of hydrogen-bond donors (Lipinski definition) is 2. The predicted octanol–water partition coefficient (Wildman–Crippen LogP) is 3.15. The molecule has 0 bridgehead atoms. The van der Waals surface area contributed by atoms with Gasteiger partial charge in [0.2, 0.25) is 15.9 Å². The van der Waals surface area contributed by atoms with Gasteiger partial charge in [0.05, 0.1) is 4.90 Å². The summed E-state index contributed by atoms with van der Waals surface area (Å²) in [5, 5.41) is 3.25. The quantitative estimate of drug-likeness (QED) is 0.641. The van der Waals surface area contributed by atoms with E-state index in [4.69, 9.17) is 11.6 Å². The smallest absolute Gasteiger partial charge is 0.241 e. The molecule has 26 heavy (non-hydrogen) atoms. The Morgan fingerprint density at radius 2 is 1.73 bits per heavy atom. The van der Waals surface area contributed by atoms with E-state index in [0.717, 1.165) is 18.4 Å². The fraction of sp³-hybridized carbons (Fsp3) is 0.316. The number of benzene rings is 2. The largest absolute Gasteiger partial charge is 0.355 e. The summed E-state index contributed by atoms with van der Waals surface area (Å²) >= 11 is 5.82. The summed E-state index contributed by atoms with van der Waals surface area (Å²) in [6, 6.07) is 14.3. The topological polar surface area (TPSA) is 75.3 Å². The van der Waals surface area contributed by atoms with Gasteiger partial charge in [0.25, 0.3) is 0 Å². The molecule has 5 nitrogen and oxygen atoms in total. The first-order valence-corrected chi connectivity index (χ1v) is 10.4. The zero-order chi connectivity index (χ0) is 19.0. The molecule has 0 aliphatic rings. The number of rotatable bonds is 9. The van der Waals surface area contributed by atoms with E-state index in [9.17, 15) is 13.2 Å². The Hall–Kier alpha value is -1.89. The van der Waals surface area contributed by atoms with Crippen LogP contribution >= 0.6 is 11.6 Å². The lowest BCUT2D eigenvalue weighted by Crippen LogP contribution is -2.48. The van der Waals surface area contributed by atoms with Crippen LogP contribution in [0.4, 0.5) is 0 Å². The summed E-state index contributed by atoms with van der Waals surface area (Å²) in [6.07, 6.45) is 2.06. The molecule has 1 atom stereocenters. The molecule has 0 aliphatic heterocycles. The van der Waals surface area contributed by atoms with Crippen molar-refractivity contribution in [2.75, 3.05) is 6.54 Å². The van der Waals surface area contributed by atoms with E-state index in [2.05, 4.69) is 10.0 Å². The van der Waals surface area contributed by atoms with E-state index in [1.165, 1.54) is 24.3 Å². The number of hydrogen-bond acceptors (Lipinski definition) is 3. The van der Waals surface area contributed by atoms with Crippen molar-refractivity contribution in [2.45, 2.75) is 37.1 Å². The van der Waals surface area contributed by atoms with Crippen LogP contribution in [0.5, 0.6) is 0 Å². The number of unbranched alkanes of at least 4 members (excludes halogenated alkanes) is 1. The van der Waals surface area contributed by atoms with Crippen molar-refractivity contribution in [3.63, 3.8) is 0 Å². The van der Waals surface area contributed by atoms with Gasteiger partial charge in [-0.15, -0.1) is 0 Å². The molecule has 0 saturated carbocycles. The van der Waals surface area contributed by atoms with Crippen LogP contribution in [0.2, 0.25) is 5.02 Å². The van der Waals surface area contributed by atoms with Gasteiger partial charge in [-0.2, -0.15) is 4.72 Å². The first-order valence-electron chi connectivity index (χ1n) is 8.52. The molecule has 0 saturated heterocycles. The third-order valence-corrected chi connectivity index (χ3v) is 5.59. The van der Waals surface area contributed by atoms with Gasteiger partial charge in [-0.3, -0.25) is 4.79 Å². The highest BCUT2D eigenvalue weighted by Gasteiger charge is 2.25. The van der Waals surface area contributed by atoms with Gasteiger partial charge in [-0.05, 0) is 42.7 Å². The number of nitrogens with one attached hydrogen (secondary N) is 2. The van der Waals surface area contributed by atoms with Crippen molar-refractivity contribution in [3.8, 4) is 0 Å². The van der Waals surface area contributed by atoms with E-state index in [0.29, 0.717) is 11.6 Å². The molecule has 2 N–H and O–H groups in total. The monoisotopic (exact) mass is 394 g/mol. The van der Waals surface area contributed by atoms with Gasteiger partial charge in [-0.1, -0.05) is 55.3 Å². The molecule has 0 fully saturated rings. The summed E-state index contributed by atoms with van der Waals surface area (Å²) in [7, 11) is -3.84. The SMILES string of the molecule is CCCCNC(=O)[C@@H](Cc1ccccc1)NS(=O)(=O)c1ccc(Cl)cc1. The molecule has 140 valence electrons. The molecule has 2 rings (SSSR count). The maximum absolute atomic E-state index is 12.6. The fourth-order valence-electron chi connectivity index (χ4n) is 2.42. The van der Waals surface area contributed by atoms with Crippen molar-refractivity contribution in [1.29, 1.82) is 0 Å². The third-order valence-electron chi connectivity index (χ3n) is 3.85. The van der Waals surface area contributed by atoms with Gasteiger partial charge in [0.15, 0.2) is 0 Å². The second-order valence-corrected chi connectivity index (χ2v) is 8.11. The lowest BCUT2D eigenvalue weighted by Gasteiger charge is -2.19. The number of sulfonamides is 1. The first-order chi connectivity index (χ1) is 12.4. The number of carbonyl (C=O) groups excluding carboxylic acids is 1. The van der Waals surface area contributed by atoms with Crippen LogP contribution in [-0.2, 0) is 21.2 Å². The minimum absolute atomic E-state index is 0.0707. The van der Waals surface area contributed by atoms with Gasteiger partial charge in [0.1, 0.15) is 6.04 Å². The summed E-state index contributed by atoms with van der Waals surface area (Å²) in [4.78, 5) is 12.6. The number of carbonyl (C=O) groups is 1. The molecule has 2 aromatic rings. The van der Waals surface area contributed by atoms with Crippen molar-refractivity contribution in [2.24, 2.45) is 0 Å². The Morgan fingerprint density at radius 1 is 1.08 bits per heavy atom. The van der Waals surface area contributed by atoms with E-state index < -0.39 is 16.1 Å². The number of amides is 1. The highest BCUT2D eigenvalue weighted by atomic mass is 35.5. The highest BCUT2D eigenvalue weighted by molar-refractivity contribution is 7.89. The molecular formula is C19H23ClN2O3S. The average molecular weight is 395 g/mol. The van der Waals surface area contributed by atoms with Crippen molar-refractivity contribution < 1.29 is 13.2 Å². The summed E-state index contributed by atoms with van der Waals surface area (Å²) in [5.41, 5.74) is 0.877. The highest BCUT2D eigenvalue weighted by Crippen LogP contribution is 2.15. The van der Waals surface area contributed by atoms with Crippen molar-refractivity contribution >= 4 is 27.5 Å². The van der Waals surface area contributed by atoms with Crippen LogP contribution in [0.3, 0.4) is 0 Å². The van der Waals surface area contributed by atoms with Crippen LogP contribution in [0.1, 0.15) is 25.3 Å². The van der Waals surface area contributed by atoms with Crippen LogP contribution in [-0.4, -0.2) is 26.9 Å². The zero-order valence-corrected chi connectivity index (χ0v) is 16.2. The zero-order valence-electron chi connectivity index (χ0n) is 14.6. The van der Waals surface area contributed by atoms with E-state index in [-0.39, 0.29) is 17.2 Å². The van der Waals surface area contributed by atoms with E-state index in [1.807, 2.05) is 37.3 Å². The lowest BCUT2D eigenvalue weighted by molar-refractivity contribution is -0.122. The Bertz CT molecular complexity index is 808. The standard InChI is InChI=1S/C19H23ClN2O3S/c1-2-3-13-21-19(23)18(14-15-7-5-4-6-8-15)22-26(24,25)17-11-9-16(20)10-12-17/h4-12,18,22H,2-3,13-14H2,1H3,(H,21,23)/t18-/m1/s1. The van der Waals surface area contributed by atoms with Gasteiger partial charge >= 0.3 is 0 Å². The molecule has 2 aromatic carbocycles. The molecule has 0 heterocycles. The second kappa shape index (κ2) is 9.71. The lowest BCUT2D eigenvalue weighted by atomic mass is 10.1. The van der Waals surface area contributed by atoms with Gasteiger partial charge in [0, 0.05) is 11.6 Å². The second-order valence-electron chi connectivity index (χ2n) is 5.96. The van der Waals surface area contributed by atoms with E-state index in [1.54, 1.807) is 0 Å². The number of halogens is 1. The maximum Gasteiger partial charge on any atom is 0.241 e. The molecule has 0 radical (unpaired) electrons.